The number of halogens is 5. The smallest absolute Gasteiger partial charge is 0.398 e. The first-order valence-corrected chi connectivity index (χ1v) is 12.4. The summed E-state index contributed by atoms with van der Waals surface area (Å²) < 4.78 is 54.2. The predicted octanol–water partition coefficient (Wildman–Crippen LogP) is 5.37. The van der Waals surface area contributed by atoms with Crippen LogP contribution in [0.4, 0.5) is 23.4 Å². The molecule has 2 saturated heterocycles. The number of benzene rings is 1. The lowest BCUT2D eigenvalue weighted by Crippen LogP contribution is -2.49. The Morgan fingerprint density at radius 2 is 1.92 bits per heavy atom. The summed E-state index contributed by atoms with van der Waals surface area (Å²) in [7, 11) is 0. The summed E-state index contributed by atoms with van der Waals surface area (Å²) in [6, 6.07) is 6.84. The maximum absolute atomic E-state index is 13.7. The molecule has 2 aromatic rings. The Kier molecular flexibility index (Phi) is 7.96. The lowest BCUT2D eigenvalue weighted by Gasteiger charge is -2.37. The molecule has 11 heteroatoms. The van der Waals surface area contributed by atoms with Gasteiger partial charge in [0.1, 0.15) is 23.3 Å². The van der Waals surface area contributed by atoms with Crippen molar-refractivity contribution >= 4 is 29.0 Å². The van der Waals surface area contributed by atoms with Gasteiger partial charge in [-0.15, -0.1) is 0 Å². The normalized spacial score (nSPS) is 19.5. The topological polar surface area (TPSA) is 61.0 Å². The van der Waals surface area contributed by atoms with E-state index in [1.165, 1.54) is 30.5 Å². The highest BCUT2D eigenvalue weighted by Gasteiger charge is 2.36. The van der Waals surface area contributed by atoms with Gasteiger partial charge in [-0.25, -0.2) is 14.4 Å². The number of anilines is 1. The number of rotatable bonds is 5. The Hall–Kier alpha value is -3.27. The monoisotopic (exact) mass is 536 g/mol. The number of aromatic nitrogens is 1. The highest BCUT2D eigenvalue weighted by atomic mass is 35.5. The summed E-state index contributed by atoms with van der Waals surface area (Å²) in [6.07, 6.45) is 0.627. The van der Waals surface area contributed by atoms with E-state index in [9.17, 15) is 17.6 Å². The molecule has 3 heterocycles. The Morgan fingerprint density at radius 3 is 2.54 bits per heavy atom. The maximum atomic E-state index is 13.7. The van der Waals surface area contributed by atoms with Crippen LogP contribution in [0.25, 0.3) is 5.70 Å². The molecule has 1 aromatic heterocycles. The molecule has 4 rings (SSSR count). The number of aliphatic imine (C=N–C) groups is 1. The van der Waals surface area contributed by atoms with E-state index in [2.05, 4.69) is 23.4 Å². The van der Waals surface area contributed by atoms with E-state index in [-0.39, 0.29) is 10.8 Å². The first-order chi connectivity index (χ1) is 17.5. The molecule has 1 unspecified atom stereocenters. The van der Waals surface area contributed by atoms with Crippen LogP contribution in [0, 0.1) is 5.82 Å². The number of piperazine rings is 1. The minimum atomic E-state index is -4.49. The van der Waals surface area contributed by atoms with Gasteiger partial charge in [-0.05, 0) is 55.7 Å². The standard InChI is InChI=1S/C26H29ClF4N6/c1-17-5-4-10-37(17)18(2)34-24(16-23(32)19-7-8-22(28)21(27)15-19)35-11-13-36(14-12-35)25-20(26(29,30)31)6-3-9-33-25/h3,6-9,15-17H,2,4-5,10-14,32H2,1H3/b23-16-,34-24?. The largest absolute Gasteiger partial charge is 0.419 e. The van der Waals surface area contributed by atoms with E-state index in [1.54, 1.807) is 11.0 Å². The summed E-state index contributed by atoms with van der Waals surface area (Å²) >= 11 is 5.94. The van der Waals surface area contributed by atoms with Gasteiger partial charge in [0.15, 0.2) is 0 Å². The minimum Gasteiger partial charge on any atom is -0.398 e. The van der Waals surface area contributed by atoms with Crippen LogP contribution in [0.5, 0.6) is 0 Å². The van der Waals surface area contributed by atoms with Crippen molar-refractivity contribution in [2.24, 2.45) is 10.7 Å². The summed E-state index contributed by atoms with van der Waals surface area (Å²) in [5.74, 6) is 0.485. The molecule has 2 fully saturated rings. The molecule has 1 aromatic carbocycles. The lowest BCUT2D eigenvalue weighted by molar-refractivity contribution is -0.137. The van der Waals surface area contributed by atoms with E-state index in [0.717, 1.165) is 25.5 Å². The van der Waals surface area contributed by atoms with Crippen LogP contribution < -0.4 is 10.6 Å². The second kappa shape index (κ2) is 11.0. The number of likely N-dealkylation sites (tertiary alicyclic amines) is 1. The zero-order chi connectivity index (χ0) is 26.7. The fourth-order valence-electron chi connectivity index (χ4n) is 4.62. The molecule has 2 aliphatic rings. The molecule has 0 amide bonds. The Bertz CT molecular complexity index is 1200. The van der Waals surface area contributed by atoms with Crippen molar-refractivity contribution in [2.75, 3.05) is 37.6 Å². The number of pyridine rings is 1. The van der Waals surface area contributed by atoms with E-state index in [1.807, 2.05) is 4.90 Å². The van der Waals surface area contributed by atoms with Crippen LogP contribution in [0.2, 0.25) is 5.02 Å². The van der Waals surface area contributed by atoms with Crippen molar-refractivity contribution in [1.82, 2.24) is 14.8 Å². The third-order valence-electron chi connectivity index (χ3n) is 6.66. The number of alkyl halides is 3. The van der Waals surface area contributed by atoms with Gasteiger partial charge in [0, 0.05) is 56.7 Å². The van der Waals surface area contributed by atoms with Crippen LogP contribution in [0.15, 0.2) is 60.0 Å². The maximum Gasteiger partial charge on any atom is 0.419 e. The SMILES string of the molecule is C=C(N=C(/C=C(\N)c1ccc(F)c(Cl)c1)N1CCN(c2ncccc2C(F)(F)F)CC1)N1CCCC1C. The number of amidine groups is 1. The average molecular weight is 537 g/mol. The molecule has 1 atom stereocenters. The summed E-state index contributed by atoms with van der Waals surface area (Å²) in [5.41, 5.74) is 6.45. The van der Waals surface area contributed by atoms with Crippen molar-refractivity contribution in [2.45, 2.75) is 32.0 Å². The predicted molar refractivity (Wildman–Crippen MR) is 139 cm³/mol. The van der Waals surface area contributed by atoms with Gasteiger partial charge in [-0.2, -0.15) is 13.2 Å². The van der Waals surface area contributed by atoms with Crippen LogP contribution in [-0.4, -0.2) is 59.4 Å². The van der Waals surface area contributed by atoms with Gasteiger partial charge in [0.2, 0.25) is 0 Å². The summed E-state index contributed by atoms with van der Waals surface area (Å²) in [5, 5.41) is -0.0490. The molecular formula is C26H29ClF4N6. The third kappa shape index (κ3) is 6.18. The molecule has 198 valence electrons. The van der Waals surface area contributed by atoms with Gasteiger partial charge in [-0.3, -0.25) is 0 Å². The van der Waals surface area contributed by atoms with Gasteiger partial charge in [-0.1, -0.05) is 18.2 Å². The fourth-order valence-corrected chi connectivity index (χ4v) is 4.80. The molecule has 0 saturated carbocycles. The van der Waals surface area contributed by atoms with Gasteiger partial charge < -0.3 is 20.4 Å². The van der Waals surface area contributed by atoms with Crippen LogP contribution in [0.3, 0.4) is 0 Å². The molecule has 2 N–H and O–H groups in total. The number of nitrogens with zero attached hydrogens (tertiary/aromatic N) is 5. The molecule has 0 bridgehead atoms. The quantitative estimate of drug-likeness (QED) is 0.316. The molecule has 37 heavy (non-hydrogen) atoms. The molecule has 2 aliphatic heterocycles. The molecule has 6 nitrogen and oxygen atoms in total. The van der Waals surface area contributed by atoms with E-state index in [4.69, 9.17) is 22.3 Å². The van der Waals surface area contributed by atoms with Crippen molar-refractivity contribution in [1.29, 1.82) is 0 Å². The Labute approximate surface area is 218 Å². The van der Waals surface area contributed by atoms with Crippen molar-refractivity contribution in [3.63, 3.8) is 0 Å². The van der Waals surface area contributed by atoms with Gasteiger partial charge in [0.05, 0.1) is 10.6 Å². The van der Waals surface area contributed by atoms with E-state index in [0.29, 0.717) is 55.1 Å². The summed E-state index contributed by atoms with van der Waals surface area (Å²) in [6.45, 7) is 8.51. The fraction of sp³-hybridized carbons (Fsp3) is 0.385. The van der Waals surface area contributed by atoms with E-state index < -0.39 is 17.6 Å². The summed E-state index contributed by atoms with van der Waals surface area (Å²) in [4.78, 5) is 14.5. The van der Waals surface area contributed by atoms with Crippen LogP contribution in [-0.2, 0) is 6.18 Å². The van der Waals surface area contributed by atoms with Gasteiger partial charge in [0.25, 0.3) is 0 Å². The van der Waals surface area contributed by atoms with Crippen LogP contribution >= 0.6 is 11.6 Å². The van der Waals surface area contributed by atoms with Crippen molar-refractivity contribution in [3.8, 4) is 0 Å². The second-order valence-corrected chi connectivity index (χ2v) is 9.55. The highest BCUT2D eigenvalue weighted by molar-refractivity contribution is 6.30. The first-order valence-electron chi connectivity index (χ1n) is 12.0. The lowest BCUT2D eigenvalue weighted by atomic mass is 10.1. The number of hydrogen-bond acceptors (Lipinski definition) is 5. The molecular weight excluding hydrogens is 508 g/mol. The number of nitrogens with two attached hydrogens (primary N) is 1. The van der Waals surface area contributed by atoms with E-state index >= 15 is 0 Å². The van der Waals surface area contributed by atoms with Crippen molar-refractivity contribution < 1.29 is 17.6 Å². The highest BCUT2D eigenvalue weighted by Crippen LogP contribution is 2.35. The Morgan fingerprint density at radius 1 is 1.19 bits per heavy atom. The minimum absolute atomic E-state index is 0.0490. The second-order valence-electron chi connectivity index (χ2n) is 9.15. The van der Waals surface area contributed by atoms with Crippen LogP contribution in [0.1, 0.15) is 30.9 Å². The van der Waals surface area contributed by atoms with Gasteiger partial charge >= 0.3 is 6.18 Å². The Balaban J connectivity index is 1.60. The molecule has 0 radical (unpaired) electrons. The third-order valence-corrected chi connectivity index (χ3v) is 6.95. The average Bonchev–Trinajstić information content (AvgIpc) is 3.30. The molecule has 0 spiro atoms. The first kappa shape index (κ1) is 26.8. The zero-order valence-corrected chi connectivity index (χ0v) is 21.2. The molecule has 0 aliphatic carbocycles. The number of hydrogen-bond donors (Lipinski definition) is 1. The van der Waals surface area contributed by atoms with Crippen molar-refractivity contribution in [3.05, 3.63) is 77.0 Å². The zero-order valence-electron chi connectivity index (χ0n) is 20.5.